The number of nitrogens with zero attached hydrogens (tertiary/aromatic N) is 2. The van der Waals surface area contributed by atoms with Gasteiger partial charge >= 0.3 is 0 Å². The molecule has 0 saturated carbocycles. The van der Waals surface area contributed by atoms with Gasteiger partial charge in [-0.15, -0.1) is 0 Å². The van der Waals surface area contributed by atoms with Gasteiger partial charge in [0.2, 0.25) is 5.91 Å². The Morgan fingerprint density at radius 1 is 1.13 bits per heavy atom. The van der Waals surface area contributed by atoms with E-state index in [2.05, 4.69) is 5.16 Å². The van der Waals surface area contributed by atoms with Crippen molar-refractivity contribution in [2.75, 3.05) is 6.54 Å². The van der Waals surface area contributed by atoms with Gasteiger partial charge in [-0.1, -0.05) is 17.3 Å². The highest BCUT2D eigenvalue weighted by Crippen LogP contribution is 2.30. The van der Waals surface area contributed by atoms with Gasteiger partial charge < -0.3 is 13.8 Å². The van der Waals surface area contributed by atoms with Crippen molar-refractivity contribution in [3.8, 4) is 11.3 Å². The van der Waals surface area contributed by atoms with Crippen LogP contribution in [0.3, 0.4) is 0 Å². The van der Waals surface area contributed by atoms with E-state index in [1.165, 1.54) is 30.5 Å². The van der Waals surface area contributed by atoms with Gasteiger partial charge in [0.15, 0.2) is 11.2 Å². The molecule has 0 aliphatic carbocycles. The minimum absolute atomic E-state index is 0.188. The summed E-state index contributed by atoms with van der Waals surface area (Å²) in [6, 6.07) is 13.0. The second-order valence-electron chi connectivity index (χ2n) is 7.30. The molecule has 4 aromatic rings. The number of carbonyl (C=O) groups excluding carboxylic acids is 1. The van der Waals surface area contributed by atoms with Crippen LogP contribution in [0.5, 0.6) is 0 Å². The minimum Gasteiger partial charge on any atom is -0.463 e. The summed E-state index contributed by atoms with van der Waals surface area (Å²) in [5, 5.41) is 4.57. The van der Waals surface area contributed by atoms with Gasteiger partial charge in [-0.25, -0.2) is 4.39 Å². The fraction of sp³-hybridized carbons (Fsp3) is 0.125. The van der Waals surface area contributed by atoms with Crippen LogP contribution in [0.2, 0.25) is 0 Å². The maximum atomic E-state index is 13.2. The first-order valence-electron chi connectivity index (χ1n) is 9.81. The minimum atomic E-state index is -0.318. The number of rotatable bonds is 3. The highest BCUT2D eigenvalue weighted by molar-refractivity contribution is 5.92. The standard InChI is InChI=1S/C24H17FN2O4/c25-17-8-5-15(6-9-17)24-18-11-12-27(13-20(18)26-31-24)22(28)10-7-16-14-30-21-4-2-1-3-19(21)23(16)29/h1-10,14H,11-13H2/b10-7+. The summed E-state index contributed by atoms with van der Waals surface area (Å²) >= 11 is 0. The van der Waals surface area contributed by atoms with Crippen molar-refractivity contribution in [1.29, 1.82) is 0 Å². The fourth-order valence-electron chi connectivity index (χ4n) is 3.72. The number of hydrogen-bond acceptors (Lipinski definition) is 5. The molecule has 31 heavy (non-hydrogen) atoms. The summed E-state index contributed by atoms with van der Waals surface area (Å²) in [5.41, 5.74) is 2.98. The van der Waals surface area contributed by atoms with Crippen molar-refractivity contribution >= 4 is 23.0 Å². The summed E-state index contributed by atoms with van der Waals surface area (Å²) in [4.78, 5) is 26.9. The molecule has 1 amide bonds. The zero-order chi connectivity index (χ0) is 21.4. The van der Waals surface area contributed by atoms with Crippen molar-refractivity contribution in [2.24, 2.45) is 0 Å². The predicted molar refractivity (Wildman–Crippen MR) is 113 cm³/mol. The molecule has 0 N–H and O–H groups in total. The molecular weight excluding hydrogens is 399 g/mol. The van der Waals surface area contributed by atoms with Gasteiger partial charge in [0.1, 0.15) is 23.4 Å². The second-order valence-corrected chi connectivity index (χ2v) is 7.30. The van der Waals surface area contributed by atoms with Crippen molar-refractivity contribution < 1.29 is 18.1 Å². The van der Waals surface area contributed by atoms with Crippen LogP contribution < -0.4 is 5.43 Å². The van der Waals surface area contributed by atoms with Crippen molar-refractivity contribution in [2.45, 2.75) is 13.0 Å². The maximum Gasteiger partial charge on any atom is 0.246 e. The molecule has 0 unspecified atom stereocenters. The summed E-state index contributed by atoms with van der Waals surface area (Å²) in [5.74, 6) is 0.0529. The van der Waals surface area contributed by atoms with Crippen LogP contribution in [0.15, 0.2) is 74.6 Å². The third-order valence-electron chi connectivity index (χ3n) is 5.37. The van der Waals surface area contributed by atoms with E-state index in [4.69, 9.17) is 8.94 Å². The molecule has 0 bridgehead atoms. The van der Waals surface area contributed by atoms with Crippen LogP contribution >= 0.6 is 0 Å². The summed E-state index contributed by atoms with van der Waals surface area (Å²) in [6.07, 6.45) is 4.77. The number of para-hydroxylation sites is 1. The summed E-state index contributed by atoms with van der Waals surface area (Å²) in [6.45, 7) is 0.785. The SMILES string of the molecule is O=C(/C=C/c1coc2ccccc2c1=O)N1CCc2c(noc2-c2ccc(F)cc2)C1. The van der Waals surface area contributed by atoms with Gasteiger partial charge in [-0.05, 0) is 48.9 Å². The third kappa shape index (κ3) is 3.54. The highest BCUT2D eigenvalue weighted by Gasteiger charge is 2.26. The number of amides is 1. The van der Waals surface area contributed by atoms with E-state index in [0.717, 1.165) is 11.1 Å². The Morgan fingerprint density at radius 2 is 1.94 bits per heavy atom. The van der Waals surface area contributed by atoms with Gasteiger partial charge in [-0.3, -0.25) is 9.59 Å². The van der Waals surface area contributed by atoms with Gasteiger partial charge in [0.25, 0.3) is 0 Å². The van der Waals surface area contributed by atoms with Crippen LogP contribution in [0.25, 0.3) is 28.4 Å². The predicted octanol–water partition coefficient (Wildman–Crippen LogP) is 4.19. The van der Waals surface area contributed by atoms with E-state index in [-0.39, 0.29) is 17.2 Å². The molecule has 6 nitrogen and oxygen atoms in total. The van der Waals surface area contributed by atoms with Crippen LogP contribution in [0, 0.1) is 5.82 Å². The smallest absolute Gasteiger partial charge is 0.246 e. The fourth-order valence-corrected chi connectivity index (χ4v) is 3.72. The molecule has 7 heteroatoms. The summed E-state index contributed by atoms with van der Waals surface area (Å²) in [7, 11) is 0. The molecule has 0 atom stereocenters. The van der Waals surface area contributed by atoms with Crippen LogP contribution in [-0.2, 0) is 17.8 Å². The molecule has 0 radical (unpaired) electrons. The molecule has 1 aliphatic heterocycles. The summed E-state index contributed by atoms with van der Waals surface area (Å²) < 4.78 is 24.1. The van der Waals surface area contributed by atoms with Crippen LogP contribution in [-0.4, -0.2) is 22.5 Å². The van der Waals surface area contributed by atoms with Crippen molar-refractivity contribution in [3.63, 3.8) is 0 Å². The number of carbonyl (C=O) groups is 1. The van der Waals surface area contributed by atoms with E-state index in [0.29, 0.717) is 47.5 Å². The Morgan fingerprint density at radius 3 is 2.77 bits per heavy atom. The molecule has 0 fully saturated rings. The number of hydrogen-bond donors (Lipinski definition) is 0. The lowest BCUT2D eigenvalue weighted by molar-refractivity contribution is -0.126. The molecule has 0 saturated heterocycles. The maximum absolute atomic E-state index is 13.2. The van der Waals surface area contributed by atoms with E-state index in [1.807, 2.05) is 0 Å². The lowest BCUT2D eigenvalue weighted by Gasteiger charge is -2.24. The van der Waals surface area contributed by atoms with E-state index >= 15 is 0 Å². The second kappa shape index (κ2) is 7.68. The average Bonchev–Trinajstić information content (AvgIpc) is 3.22. The normalized spacial score (nSPS) is 13.6. The van der Waals surface area contributed by atoms with Crippen molar-refractivity contribution in [1.82, 2.24) is 10.1 Å². The Hall–Kier alpha value is -4.00. The number of benzene rings is 2. The van der Waals surface area contributed by atoms with E-state index in [1.54, 1.807) is 41.3 Å². The molecule has 3 heterocycles. The average molecular weight is 416 g/mol. The van der Waals surface area contributed by atoms with Crippen molar-refractivity contribution in [3.05, 3.63) is 93.7 Å². The Labute approximate surface area is 176 Å². The Bertz CT molecular complexity index is 1370. The topological polar surface area (TPSA) is 76.6 Å². The first-order valence-corrected chi connectivity index (χ1v) is 9.81. The van der Waals surface area contributed by atoms with Crippen LogP contribution in [0.4, 0.5) is 4.39 Å². The lowest BCUT2D eigenvalue weighted by atomic mass is 10.0. The zero-order valence-electron chi connectivity index (χ0n) is 16.4. The number of fused-ring (bicyclic) bond motifs is 2. The quantitative estimate of drug-likeness (QED) is 0.468. The lowest BCUT2D eigenvalue weighted by Crippen LogP contribution is -2.34. The Kier molecular flexibility index (Phi) is 4.71. The first-order chi connectivity index (χ1) is 15.1. The number of aromatic nitrogens is 1. The number of halogens is 1. The molecule has 0 spiro atoms. The molecular formula is C24H17FN2O4. The van der Waals surface area contributed by atoms with Gasteiger partial charge in [0, 0.05) is 23.7 Å². The highest BCUT2D eigenvalue weighted by atomic mass is 19.1. The molecule has 2 aromatic carbocycles. The van der Waals surface area contributed by atoms with E-state index < -0.39 is 0 Å². The van der Waals surface area contributed by atoms with Crippen LogP contribution in [0.1, 0.15) is 16.8 Å². The molecule has 1 aliphatic rings. The first kappa shape index (κ1) is 19.0. The molecule has 2 aromatic heterocycles. The monoisotopic (exact) mass is 416 g/mol. The van der Waals surface area contributed by atoms with Gasteiger partial charge in [0.05, 0.1) is 17.5 Å². The Balaban J connectivity index is 1.34. The molecule has 5 rings (SSSR count). The van der Waals surface area contributed by atoms with E-state index in [9.17, 15) is 14.0 Å². The largest absolute Gasteiger partial charge is 0.463 e. The molecule has 154 valence electrons. The third-order valence-corrected chi connectivity index (χ3v) is 5.37. The zero-order valence-corrected chi connectivity index (χ0v) is 16.4. The van der Waals surface area contributed by atoms with Gasteiger partial charge in [-0.2, -0.15) is 0 Å².